The van der Waals surface area contributed by atoms with E-state index in [1.807, 2.05) is 13.8 Å². The van der Waals surface area contributed by atoms with Crippen molar-refractivity contribution in [1.29, 1.82) is 0 Å². The van der Waals surface area contributed by atoms with Crippen LogP contribution in [-0.4, -0.2) is 23.6 Å². The molecule has 0 spiro atoms. The first-order chi connectivity index (χ1) is 10.6. The minimum Gasteiger partial charge on any atom is -0.462 e. The molecular weight excluding hydrogens is 300 g/mol. The number of esters is 1. The van der Waals surface area contributed by atoms with Gasteiger partial charge in [-0.05, 0) is 43.3 Å². The molecule has 0 atom stereocenters. The van der Waals surface area contributed by atoms with Crippen LogP contribution in [0.4, 0.5) is 5.69 Å². The standard InChI is InChI=1S/C16H22N2O3S/c1-3-5-9-14(19)18-16(22)17-13-8-6-7-12(11-13)15(20)21-10-4-2/h6-8,11H,3-5,9-10H2,1-2H3,(H2,17,18,19,22). The molecule has 0 bridgehead atoms. The maximum absolute atomic E-state index is 11.8. The Balaban J connectivity index is 2.57. The van der Waals surface area contributed by atoms with Gasteiger partial charge in [0.1, 0.15) is 0 Å². The molecule has 0 unspecified atom stereocenters. The first kappa shape index (κ1) is 18.1. The number of thiocarbonyl (C=S) groups is 1. The molecule has 2 N–H and O–H groups in total. The van der Waals surface area contributed by atoms with Crippen LogP contribution in [0.2, 0.25) is 0 Å². The zero-order valence-electron chi connectivity index (χ0n) is 13.0. The Labute approximate surface area is 136 Å². The van der Waals surface area contributed by atoms with Crippen molar-refractivity contribution in [1.82, 2.24) is 5.32 Å². The molecule has 0 radical (unpaired) electrons. The van der Waals surface area contributed by atoms with Crippen LogP contribution in [0.3, 0.4) is 0 Å². The maximum atomic E-state index is 11.8. The number of amides is 1. The van der Waals surface area contributed by atoms with Gasteiger partial charge in [0.05, 0.1) is 12.2 Å². The van der Waals surface area contributed by atoms with Crippen molar-refractivity contribution < 1.29 is 14.3 Å². The molecule has 1 aromatic carbocycles. The fourth-order valence-electron chi connectivity index (χ4n) is 1.69. The van der Waals surface area contributed by atoms with Crippen molar-refractivity contribution in [2.45, 2.75) is 39.5 Å². The van der Waals surface area contributed by atoms with E-state index in [1.165, 1.54) is 0 Å². The average Bonchev–Trinajstić information content (AvgIpc) is 2.50. The molecule has 0 aromatic heterocycles. The lowest BCUT2D eigenvalue weighted by Gasteiger charge is -2.10. The summed E-state index contributed by atoms with van der Waals surface area (Å²) in [4.78, 5) is 23.4. The molecule has 0 saturated carbocycles. The summed E-state index contributed by atoms with van der Waals surface area (Å²) in [5.74, 6) is -0.485. The Morgan fingerprint density at radius 2 is 2.00 bits per heavy atom. The number of hydrogen-bond donors (Lipinski definition) is 2. The normalized spacial score (nSPS) is 9.91. The molecule has 0 heterocycles. The third kappa shape index (κ3) is 6.67. The first-order valence-electron chi connectivity index (χ1n) is 7.44. The SMILES string of the molecule is CCCCC(=O)NC(=S)Nc1cccc(C(=O)OCCC)c1. The van der Waals surface area contributed by atoms with E-state index in [1.54, 1.807) is 24.3 Å². The fourth-order valence-corrected chi connectivity index (χ4v) is 1.92. The van der Waals surface area contributed by atoms with Crippen molar-refractivity contribution in [3.8, 4) is 0 Å². The average molecular weight is 322 g/mol. The van der Waals surface area contributed by atoms with Gasteiger partial charge in [0, 0.05) is 12.1 Å². The van der Waals surface area contributed by atoms with E-state index in [4.69, 9.17) is 17.0 Å². The second-order valence-electron chi connectivity index (χ2n) is 4.82. The molecule has 0 fully saturated rings. The van der Waals surface area contributed by atoms with E-state index in [0.29, 0.717) is 24.3 Å². The molecule has 5 nitrogen and oxygen atoms in total. The molecule has 0 aliphatic heterocycles. The zero-order chi connectivity index (χ0) is 16.4. The number of nitrogens with one attached hydrogen (secondary N) is 2. The smallest absolute Gasteiger partial charge is 0.338 e. The highest BCUT2D eigenvalue weighted by molar-refractivity contribution is 7.80. The van der Waals surface area contributed by atoms with Gasteiger partial charge in [-0.25, -0.2) is 4.79 Å². The minimum atomic E-state index is -0.372. The van der Waals surface area contributed by atoms with Crippen LogP contribution < -0.4 is 10.6 Å². The van der Waals surface area contributed by atoms with Crippen LogP contribution in [-0.2, 0) is 9.53 Å². The highest BCUT2D eigenvalue weighted by Gasteiger charge is 2.09. The molecule has 0 aliphatic carbocycles. The van der Waals surface area contributed by atoms with Gasteiger partial charge in [0.2, 0.25) is 5.91 Å². The molecular formula is C16H22N2O3S. The summed E-state index contributed by atoms with van der Waals surface area (Å²) in [6.07, 6.45) is 3.00. The Hall–Kier alpha value is -1.95. The van der Waals surface area contributed by atoms with Gasteiger partial charge in [0.25, 0.3) is 0 Å². The predicted molar refractivity (Wildman–Crippen MR) is 90.9 cm³/mol. The van der Waals surface area contributed by atoms with Gasteiger partial charge in [0.15, 0.2) is 5.11 Å². The molecule has 1 aromatic rings. The summed E-state index contributed by atoms with van der Waals surface area (Å²) in [6.45, 7) is 4.35. The number of unbranched alkanes of at least 4 members (excludes halogenated alkanes) is 1. The highest BCUT2D eigenvalue weighted by atomic mass is 32.1. The second kappa shape index (κ2) is 9.89. The lowest BCUT2D eigenvalue weighted by atomic mass is 10.2. The maximum Gasteiger partial charge on any atom is 0.338 e. The summed E-state index contributed by atoms with van der Waals surface area (Å²) in [6, 6.07) is 6.81. The minimum absolute atomic E-state index is 0.113. The Bertz CT molecular complexity index is 532. The lowest BCUT2D eigenvalue weighted by molar-refractivity contribution is -0.119. The topological polar surface area (TPSA) is 67.4 Å². The van der Waals surface area contributed by atoms with Gasteiger partial charge in [-0.15, -0.1) is 0 Å². The second-order valence-corrected chi connectivity index (χ2v) is 5.23. The van der Waals surface area contributed by atoms with E-state index in [0.717, 1.165) is 19.3 Å². The Morgan fingerprint density at radius 1 is 1.23 bits per heavy atom. The van der Waals surface area contributed by atoms with E-state index in [-0.39, 0.29) is 17.0 Å². The summed E-state index contributed by atoms with van der Waals surface area (Å²) in [5, 5.41) is 5.73. The van der Waals surface area contributed by atoms with Crippen LogP contribution in [0.1, 0.15) is 49.9 Å². The summed E-state index contributed by atoms with van der Waals surface area (Å²) in [7, 11) is 0. The molecule has 22 heavy (non-hydrogen) atoms. The van der Waals surface area contributed by atoms with Crippen molar-refractivity contribution in [3.05, 3.63) is 29.8 Å². The summed E-state index contributed by atoms with van der Waals surface area (Å²) < 4.78 is 5.08. The van der Waals surface area contributed by atoms with E-state index in [2.05, 4.69) is 10.6 Å². The van der Waals surface area contributed by atoms with Gasteiger partial charge in [-0.2, -0.15) is 0 Å². The van der Waals surface area contributed by atoms with E-state index >= 15 is 0 Å². The number of benzene rings is 1. The molecule has 0 aliphatic rings. The van der Waals surface area contributed by atoms with Crippen molar-refractivity contribution in [3.63, 3.8) is 0 Å². The van der Waals surface area contributed by atoms with Crippen molar-refractivity contribution >= 4 is 34.9 Å². The van der Waals surface area contributed by atoms with Gasteiger partial charge in [-0.3, -0.25) is 4.79 Å². The van der Waals surface area contributed by atoms with Crippen LogP contribution in [0.15, 0.2) is 24.3 Å². The molecule has 120 valence electrons. The number of ether oxygens (including phenoxy) is 1. The summed E-state index contributed by atoms with van der Waals surface area (Å²) >= 11 is 5.08. The van der Waals surface area contributed by atoms with Crippen molar-refractivity contribution in [2.24, 2.45) is 0 Å². The third-order valence-corrected chi connectivity index (χ3v) is 3.01. The van der Waals surface area contributed by atoms with Gasteiger partial charge >= 0.3 is 5.97 Å². The number of carbonyl (C=O) groups is 2. The monoisotopic (exact) mass is 322 g/mol. The number of carbonyl (C=O) groups excluding carboxylic acids is 2. The number of hydrogen-bond acceptors (Lipinski definition) is 4. The Kier molecular flexibility index (Phi) is 8.14. The lowest BCUT2D eigenvalue weighted by Crippen LogP contribution is -2.33. The van der Waals surface area contributed by atoms with Gasteiger partial charge < -0.3 is 15.4 Å². The van der Waals surface area contributed by atoms with Crippen LogP contribution in [0, 0.1) is 0 Å². The van der Waals surface area contributed by atoms with Gasteiger partial charge in [-0.1, -0.05) is 26.3 Å². The van der Waals surface area contributed by atoms with Crippen LogP contribution in [0.5, 0.6) is 0 Å². The molecule has 1 rings (SSSR count). The van der Waals surface area contributed by atoms with E-state index < -0.39 is 0 Å². The van der Waals surface area contributed by atoms with E-state index in [9.17, 15) is 9.59 Å². The zero-order valence-corrected chi connectivity index (χ0v) is 13.8. The molecule has 1 amide bonds. The molecule has 6 heteroatoms. The highest BCUT2D eigenvalue weighted by Crippen LogP contribution is 2.12. The Morgan fingerprint density at radius 3 is 2.68 bits per heavy atom. The van der Waals surface area contributed by atoms with Crippen LogP contribution in [0.25, 0.3) is 0 Å². The largest absolute Gasteiger partial charge is 0.462 e. The predicted octanol–water partition coefficient (Wildman–Crippen LogP) is 3.26. The molecule has 0 saturated heterocycles. The summed E-state index contributed by atoms with van der Waals surface area (Å²) in [5.41, 5.74) is 1.07. The number of rotatable bonds is 7. The van der Waals surface area contributed by atoms with Crippen molar-refractivity contribution in [2.75, 3.05) is 11.9 Å². The first-order valence-corrected chi connectivity index (χ1v) is 7.85. The third-order valence-electron chi connectivity index (χ3n) is 2.80. The number of anilines is 1. The van der Waals surface area contributed by atoms with Crippen LogP contribution >= 0.6 is 12.2 Å². The quantitative estimate of drug-likeness (QED) is 0.596. The fraction of sp³-hybridized carbons (Fsp3) is 0.438.